The number of methoxy groups -OCH3 is 1. The highest BCUT2D eigenvalue weighted by atomic mass is 32.1. The molecule has 2 rings (SSSR count). The van der Waals surface area contributed by atoms with E-state index in [1.165, 1.54) is 18.1 Å². The summed E-state index contributed by atoms with van der Waals surface area (Å²) in [7, 11) is 1.51. The van der Waals surface area contributed by atoms with E-state index in [9.17, 15) is 8.78 Å². The van der Waals surface area contributed by atoms with Crippen LogP contribution in [0.5, 0.6) is 11.5 Å². The lowest BCUT2D eigenvalue weighted by atomic mass is 10.2. The highest BCUT2D eigenvalue weighted by Gasteiger charge is 2.11. The van der Waals surface area contributed by atoms with Crippen LogP contribution in [-0.2, 0) is 19.5 Å². The number of nitrogens with zero attached hydrogens (tertiary/aromatic N) is 2. The molecule has 0 atom stereocenters. The number of ether oxygens (including phenoxy) is 2. The molecule has 9 heteroatoms. The van der Waals surface area contributed by atoms with Gasteiger partial charge in [-0.25, -0.2) is 9.98 Å². The quantitative estimate of drug-likeness (QED) is 0.499. The molecule has 0 amide bonds. The summed E-state index contributed by atoms with van der Waals surface area (Å²) in [4.78, 5) is 10.0. The molecule has 0 saturated carbocycles. The van der Waals surface area contributed by atoms with E-state index in [1.807, 2.05) is 13.1 Å². The van der Waals surface area contributed by atoms with Crippen LogP contribution in [-0.4, -0.2) is 31.2 Å². The van der Waals surface area contributed by atoms with Crippen molar-refractivity contribution in [3.05, 3.63) is 39.8 Å². The lowest BCUT2D eigenvalue weighted by molar-refractivity contribution is -0.0504. The summed E-state index contributed by atoms with van der Waals surface area (Å²) in [6.07, 6.45) is 2.82. The van der Waals surface area contributed by atoms with E-state index in [-0.39, 0.29) is 12.3 Å². The molecule has 148 valence electrons. The molecule has 2 aromatic rings. The topological polar surface area (TPSA) is 67.8 Å². The number of rotatable bonds is 9. The van der Waals surface area contributed by atoms with Crippen molar-refractivity contribution in [1.29, 1.82) is 0 Å². The lowest BCUT2D eigenvalue weighted by Gasteiger charge is -2.13. The van der Waals surface area contributed by atoms with Crippen LogP contribution in [0.3, 0.4) is 0 Å². The third-order valence-electron chi connectivity index (χ3n) is 3.59. The van der Waals surface area contributed by atoms with Gasteiger partial charge in [-0.2, -0.15) is 8.78 Å². The molecule has 27 heavy (non-hydrogen) atoms. The molecule has 0 radical (unpaired) electrons. The van der Waals surface area contributed by atoms with Crippen LogP contribution in [0.25, 0.3) is 0 Å². The zero-order valence-electron chi connectivity index (χ0n) is 15.6. The SMILES string of the molecule is CCNC(=NCc1cc(OC)ccc1OC(F)F)NCc1ncc(CC)s1. The molecule has 0 unspecified atom stereocenters. The third-order valence-corrected chi connectivity index (χ3v) is 4.73. The molecular formula is C18H24F2N4O2S. The first-order chi connectivity index (χ1) is 13.0. The smallest absolute Gasteiger partial charge is 0.387 e. The van der Waals surface area contributed by atoms with Crippen LogP contribution in [0, 0.1) is 0 Å². The van der Waals surface area contributed by atoms with Gasteiger partial charge in [-0.05, 0) is 31.5 Å². The number of benzene rings is 1. The zero-order valence-corrected chi connectivity index (χ0v) is 16.4. The summed E-state index contributed by atoms with van der Waals surface area (Å²) in [6, 6.07) is 4.67. The number of aromatic nitrogens is 1. The van der Waals surface area contributed by atoms with Crippen molar-refractivity contribution < 1.29 is 18.3 Å². The van der Waals surface area contributed by atoms with Crippen LogP contribution >= 0.6 is 11.3 Å². The Kier molecular flexibility index (Phi) is 8.25. The van der Waals surface area contributed by atoms with E-state index in [4.69, 9.17) is 4.74 Å². The van der Waals surface area contributed by atoms with Crippen LogP contribution in [0.15, 0.2) is 29.4 Å². The van der Waals surface area contributed by atoms with Crippen LogP contribution in [0.1, 0.15) is 29.3 Å². The van der Waals surface area contributed by atoms with E-state index in [2.05, 4.69) is 32.3 Å². The average Bonchev–Trinajstić information content (AvgIpc) is 3.12. The number of aliphatic imine (C=N–C) groups is 1. The fourth-order valence-corrected chi connectivity index (χ4v) is 3.08. The summed E-state index contributed by atoms with van der Waals surface area (Å²) in [5.74, 6) is 1.20. The van der Waals surface area contributed by atoms with Gasteiger partial charge in [0.05, 0.1) is 20.2 Å². The molecule has 0 aliphatic carbocycles. The Morgan fingerprint density at radius 2 is 2.11 bits per heavy atom. The average molecular weight is 398 g/mol. The maximum Gasteiger partial charge on any atom is 0.387 e. The van der Waals surface area contributed by atoms with Gasteiger partial charge in [0.15, 0.2) is 5.96 Å². The first-order valence-electron chi connectivity index (χ1n) is 8.63. The van der Waals surface area contributed by atoms with Crippen molar-refractivity contribution >= 4 is 17.3 Å². The molecule has 0 saturated heterocycles. The minimum absolute atomic E-state index is 0.0814. The molecule has 0 bridgehead atoms. The zero-order chi connectivity index (χ0) is 19.6. The van der Waals surface area contributed by atoms with Crippen molar-refractivity contribution in [2.75, 3.05) is 13.7 Å². The highest BCUT2D eigenvalue weighted by Crippen LogP contribution is 2.26. The van der Waals surface area contributed by atoms with Gasteiger partial charge in [-0.1, -0.05) is 6.92 Å². The predicted molar refractivity (Wildman–Crippen MR) is 103 cm³/mol. The molecule has 1 heterocycles. The van der Waals surface area contributed by atoms with Crippen molar-refractivity contribution in [2.24, 2.45) is 4.99 Å². The maximum atomic E-state index is 12.6. The van der Waals surface area contributed by atoms with Gasteiger partial charge in [0, 0.05) is 23.2 Å². The summed E-state index contributed by atoms with van der Waals surface area (Å²) in [5.41, 5.74) is 0.509. The maximum absolute atomic E-state index is 12.6. The van der Waals surface area contributed by atoms with Gasteiger partial charge in [0.1, 0.15) is 16.5 Å². The number of nitrogens with one attached hydrogen (secondary N) is 2. The van der Waals surface area contributed by atoms with Crippen molar-refractivity contribution in [1.82, 2.24) is 15.6 Å². The van der Waals surface area contributed by atoms with Crippen LogP contribution in [0.4, 0.5) is 8.78 Å². The first kappa shape index (κ1) is 20.9. The molecule has 1 aromatic heterocycles. The van der Waals surface area contributed by atoms with E-state index in [0.717, 1.165) is 11.4 Å². The second-order valence-corrected chi connectivity index (χ2v) is 6.67. The van der Waals surface area contributed by atoms with E-state index >= 15 is 0 Å². The normalized spacial score (nSPS) is 11.6. The molecule has 2 N–H and O–H groups in total. The van der Waals surface area contributed by atoms with Gasteiger partial charge in [-0.3, -0.25) is 0 Å². The van der Waals surface area contributed by atoms with Crippen LogP contribution in [0.2, 0.25) is 0 Å². The van der Waals surface area contributed by atoms with Gasteiger partial charge < -0.3 is 20.1 Å². The Bertz CT molecular complexity index is 753. The van der Waals surface area contributed by atoms with Gasteiger partial charge in [0.25, 0.3) is 0 Å². The lowest BCUT2D eigenvalue weighted by Crippen LogP contribution is -2.36. The van der Waals surface area contributed by atoms with E-state index in [1.54, 1.807) is 23.5 Å². The predicted octanol–water partition coefficient (Wildman–Crippen LogP) is 3.57. The standard InChI is InChI=1S/C18H24F2N4O2S/c1-4-14-10-22-16(27-14)11-24-18(21-5-2)23-9-12-8-13(25-3)6-7-15(12)26-17(19)20/h6-8,10,17H,4-5,9,11H2,1-3H3,(H2,21,23,24). The Morgan fingerprint density at radius 3 is 2.74 bits per heavy atom. The summed E-state index contributed by atoms with van der Waals surface area (Å²) < 4.78 is 35.0. The van der Waals surface area contributed by atoms with Crippen molar-refractivity contribution in [2.45, 2.75) is 40.0 Å². The van der Waals surface area contributed by atoms with Gasteiger partial charge >= 0.3 is 6.61 Å². The Labute approximate surface area is 161 Å². The molecule has 0 spiro atoms. The van der Waals surface area contributed by atoms with E-state index < -0.39 is 6.61 Å². The fourth-order valence-electron chi connectivity index (χ4n) is 2.28. The third kappa shape index (κ3) is 6.67. The number of hydrogen-bond acceptors (Lipinski definition) is 5. The second kappa shape index (κ2) is 10.7. The highest BCUT2D eigenvalue weighted by molar-refractivity contribution is 7.11. The number of thiazole rings is 1. The molecule has 6 nitrogen and oxygen atoms in total. The monoisotopic (exact) mass is 398 g/mol. The number of aryl methyl sites for hydroxylation is 1. The fraction of sp³-hybridized carbons (Fsp3) is 0.444. The van der Waals surface area contributed by atoms with Gasteiger partial charge in [0.2, 0.25) is 0 Å². The first-order valence-corrected chi connectivity index (χ1v) is 9.44. The number of hydrogen-bond donors (Lipinski definition) is 2. The molecular weight excluding hydrogens is 374 g/mol. The molecule has 1 aromatic carbocycles. The second-order valence-electron chi connectivity index (χ2n) is 5.47. The number of alkyl halides is 2. The summed E-state index contributed by atoms with van der Waals surface area (Å²) >= 11 is 1.65. The minimum Gasteiger partial charge on any atom is -0.497 e. The van der Waals surface area contributed by atoms with Gasteiger partial charge in [-0.15, -0.1) is 11.3 Å². The minimum atomic E-state index is -2.90. The molecule has 0 aliphatic heterocycles. The summed E-state index contributed by atoms with van der Waals surface area (Å²) in [6.45, 7) is 2.50. The number of guanidine groups is 1. The summed E-state index contributed by atoms with van der Waals surface area (Å²) in [5, 5.41) is 7.29. The van der Waals surface area contributed by atoms with Crippen molar-refractivity contribution in [3.8, 4) is 11.5 Å². The molecule has 0 fully saturated rings. The van der Waals surface area contributed by atoms with Crippen molar-refractivity contribution in [3.63, 3.8) is 0 Å². The Morgan fingerprint density at radius 1 is 1.30 bits per heavy atom. The number of halogens is 2. The largest absolute Gasteiger partial charge is 0.497 e. The Hall–Kier alpha value is -2.42. The van der Waals surface area contributed by atoms with Crippen LogP contribution < -0.4 is 20.1 Å². The Balaban J connectivity index is 2.10. The van der Waals surface area contributed by atoms with E-state index in [0.29, 0.717) is 30.4 Å². The molecule has 0 aliphatic rings.